The number of nitro groups is 1. The van der Waals surface area contributed by atoms with Crippen LogP contribution in [0.2, 0.25) is 0 Å². The van der Waals surface area contributed by atoms with Crippen LogP contribution in [0.3, 0.4) is 0 Å². The summed E-state index contributed by atoms with van der Waals surface area (Å²) in [5, 5.41) is 20.2. The van der Waals surface area contributed by atoms with Gasteiger partial charge in [-0.2, -0.15) is 0 Å². The van der Waals surface area contributed by atoms with Crippen LogP contribution in [0.5, 0.6) is 0 Å². The fourth-order valence-corrected chi connectivity index (χ4v) is 1.32. The minimum absolute atomic E-state index is 0.137. The molecule has 0 aromatic heterocycles. The Hall–Kier alpha value is -1.24. The summed E-state index contributed by atoms with van der Waals surface area (Å²) >= 11 is 0. The first kappa shape index (κ1) is 14.8. The summed E-state index contributed by atoms with van der Waals surface area (Å²) in [6.07, 6.45) is -1.95. The molecule has 2 unspecified atom stereocenters. The van der Waals surface area contributed by atoms with Crippen LogP contribution in [-0.4, -0.2) is 28.1 Å². The molecule has 0 saturated heterocycles. The van der Waals surface area contributed by atoms with Gasteiger partial charge in [0.15, 0.2) is 0 Å². The highest BCUT2D eigenvalue weighted by molar-refractivity contribution is 5.69. The minimum atomic E-state index is -1.54. The van der Waals surface area contributed by atoms with Crippen LogP contribution in [-0.2, 0) is 9.74 Å². The number of halogens is 1. The molecule has 0 aromatic carbocycles. The third-order valence-electron chi connectivity index (χ3n) is 2.00. The monoisotopic (exact) mass is 237 g/mol. The maximum atomic E-state index is 11.5. The number of aliphatic hydroxyl groups excluding tert-OH is 1. The second-order valence-corrected chi connectivity index (χ2v) is 4.84. The summed E-state index contributed by atoms with van der Waals surface area (Å²) in [6.45, 7) is 5.38. The molecule has 2 atom stereocenters. The maximum Gasteiger partial charge on any atom is 0.355 e. The van der Waals surface area contributed by atoms with Crippen molar-refractivity contribution in [2.45, 2.75) is 45.8 Å². The average molecular weight is 237 g/mol. The minimum Gasteiger partial charge on any atom is -0.386 e. The van der Waals surface area contributed by atoms with Crippen molar-refractivity contribution in [1.29, 1.82) is 0 Å². The second kappa shape index (κ2) is 5.74. The zero-order valence-corrected chi connectivity index (χ0v) is 9.47. The molecule has 0 aromatic rings. The molecule has 7 heteroatoms. The molecule has 0 fully saturated rings. The van der Waals surface area contributed by atoms with Crippen molar-refractivity contribution in [3.8, 4) is 0 Å². The lowest BCUT2D eigenvalue weighted by Gasteiger charge is -2.23. The van der Waals surface area contributed by atoms with Crippen LogP contribution in [0, 0.1) is 15.5 Å². The first-order valence-electron chi connectivity index (χ1n) is 4.80. The van der Waals surface area contributed by atoms with Crippen LogP contribution in [0.4, 0.5) is 4.53 Å². The standard InChI is InChI=1S/C9H16FNO5/c1-9(2,3)5-7(12)6(11(14)15)4-8(13)16-10/h6-7,12H,4-5H2,1-3H3. The number of hydrogen-bond donors (Lipinski definition) is 1. The van der Waals surface area contributed by atoms with Gasteiger partial charge in [0.1, 0.15) is 12.5 Å². The lowest BCUT2D eigenvalue weighted by molar-refractivity contribution is -0.534. The highest BCUT2D eigenvalue weighted by Crippen LogP contribution is 2.24. The number of carbonyl (C=O) groups excluding carboxylic acids is 1. The van der Waals surface area contributed by atoms with E-state index in [9.17, 15) is 24.5 Å². The molecule has 0 aliphatic heterocycles. The number of aliphatic hydroxyl groups is 1. The molecule has 94 valence electrons. The molecule has 0 saturated carbocycles. The van der Waals surface area contributed by atoms with E-state index < -0.39 is 29.5 Å². The zero-order valence-electron chi connectivity index (χ0n) is 9.47. The normalized spacial score (nSPS) is 15.3. The van der Waals surface area contributed by atoms with Crippen molar-refractivity contribution in [3.05, 3.63) is 10.1 Å². The molecule has 16 heavy (non-hydrogen) atoms. The van der Waals surface area contributed by atoms with Gasteiger partial charge >= 0.3 is 5.97 Å². The van der Waals surface area contributed by atoms with Crippen molar-refractivity contribution in [1.82, 2.24) is 0 Å². The summed E-state index contributed by atoms with van der Waals surface area (Å²) in [5.74, 6) is -1.35. The Labute approximate surface area is 92.4 Å². The Bertz CT molecular complexity index is 263. The van der Waals surface area contributed by atoms with E-state index >= 15 is 0 Å². The lowest BCUT2D eigenvalue weighted by Crippen LogP contribution is -2.38. The van der Waals surface area contributed by atoms with E-state index in [1.54, 1.807) is 20.8 Å². The molecular formula is C9H16FNO5. The molecule has 1 N–H and O–H groups in total. The van der Waals surface area contributed by atoms with E-state index in [2.05, 4.69) is 4.94 Å². The zero-order chi connectivity index (χ0) is 12.9. The number of rotatable bonds is 5. The molecule has 6 nitrogen and oxygen atoms in total. The van der Waals surface area contributed by atoms with Gasteiger partial charge in [0, 0.05) is 9.45 Å². The van der Waals surface area contributed by atoms with Crippen LogP contribution in [0.25, 0.3) is 0 Å². The lowest BCUT2D eigenvalue weighted by atomic mass is 9.86. The Morgan fingerprint density at radius 1 is 1.56 bits per heavy atom. The highest BCUT2D eigenvalue weighted by atomic mass is 19.3. The van der Waals surface area contributed by atoms with Crippen LogP contribution in [0.1, 0.15) is 33.6 Å². The van der Waals surface area contributed by atoms with Gasteiger partial charge < -0.3 is 5.11 Å². The van der Waals surface area contributed by atoms with E-state index in [0.717, 1.165) is 0 Å². The summed E-state index contributed by atoms with van der Waals surface area (Å²) < 4.78 is 11.5. The van der Waals surface area contributed by atoms with Crippen LogP contribution in [0.15, 0.2) is 0 Å². The third kappa shape index (κ3) is 5.59. The SMILES string of the molecule is CC(C)(C)CC(O)C(CC(=O)OF)[N+](=O)[O-]. The first-order valence-corrected chi connectivity index (χ1v) is 4.80. The number of hydrogen-bond acceptors (Lipinski definition) is 5. The van der Waals surface area contributed by atoms with Crippen molar-refractivity contribution < 1.29 is 24.3 Å². The van der Waals surface area contributed by atoms with Crippen molar-refractivity contribution >= 4 is 5.97 Å². The summed E-state index contributed by atoms with van der Waals surface area (Å²) in [4.78, 5) is 23.2. The Balaban J connectivity index is 4.53. The second-order valence-electron chi connectivity index (χ2n) is 4.84. The number of nitrogens with zero attached hydrogens (tertiary/aromatic N) is 1. The largest absolute Gasteiger partial charge is 0.386 e. The van der Waals surface area contributed by atoms with E-state index in [0.29, 0.717) is 0 Å². The van der Waals surface area contributed by atoms with Gasteiger partial charge in [-0.15, -0.1) is 0 Å². The summed E-state index contributed by atoms with van der Waals surface area (Å²) in [6, 6.07) is -1.54. The van der Waals surface area contributed by atoms with Crippen LogP contribution < -0.4 is 0 Å². The van der Waals surface area contributed by atoms with Gasteiger partial charge in [0.25, 0.3) is 0 Å². The predicted octanol–water partition coefficient (Wildman–Crippen LogP) is 1.25. The summed E-state index contributed by atoms with van der Waals surface area (Å²) in [5.41, 5.74) is -0.326. The third-order valence-corrected chi connectivity index (χ3v) is 2.00. The highest BCUT2D eigenvalue weighted by Gasteiger charge is 2.35. The fourth-order valence-electron chi connectivity index (χ4n) is 1.32. The molecule has 0 amide bonds. The Morgan fingerprint density at radius 2 is 2.06 bits per heavy atom. The van der Waals surface area contributed by atoms with E-state index in [1.807, 2.05) is 0 Å². The van der Waals surface area contributed by atoms with Gasteiger partial charge in [-0.25, -0.2) is 4.79 Å². The first-order chi connectivity index (χ1) is 7.17. The van der Waals surface area contributed by atoms with Gasteiger partial charge in [0.05, 0.1) is 0 Å². The topological polar surface area (TPSA) is 89.7 Å². The van der Waals surface area contributed by atoms with Crippen molar-refractivity contribution in [3.63, 3.8) is 0 Å². The maximum absolute atomic E-state index is 11.5. The van der Waals surface area contributed by atoms with Crippen molar-refractivity contribution in [2.24, 2.45) is 5.41 Å². The van der Waals surface area contributed by atoms with Gasteiger partial charge in [-0.1, -0.05) is 20.8 Å². The number of carbonyl (C=O) groups is 1. The van der Waals surface area contributed by atoms with E-state index in [-0.39, 0.29) is 11.8 Å². The van der Waals surface area contributed by atoms with Crippen LogP contribution >= 0.6 is 0 Å². The Kier molecular flexibility index (Phi) is 5.29. The Morgan fingerprint density at radius 3 is 2.38 bits per heavy atom. The van der Waals surface area contributed by atoms with E-state index in [1.165, 1.54) is 0 Å². The molecule has 0 aliphatic carbocycles. The molecule has 0 rings (SSSR count). The molecule has 0 bridgehead atoms. The fraction of sp³-hybridized carbons (Fsp3) is 0.889. The van der Waals surface area contributed by atoms with Gasteiger partial charge in [-0.05, 0) is 11.8 Å². The molecular weight excluding hydrogens is 221 g/mol. The van der Waals surface area contributed by atoms with E-state index in [4.69, 9.17) is 0 Å². The molecule has 0 aliphatic rings. The van der Waals surface area contributed by atoms with Gasteiger partial charge in [0.2, 0.25) is 6.04 Å². The molecule has 0 radical (unpaired) electrons. The molecule has 0 heterocycles. The predicted molar refractivity (Wildman–Crippen MR) is 52.7 cm³/mol. The quantitative estimate of drug-likeness (QED) is 0.574. The smallest absolute Gasteiger partial charge is 0.355 e. The summed E-state index contributed by atoms with van der Waals surface area (Å²) in [7, 11) is 0. The van der Waals surface area contributed by atoms with Crippen molar-refractivity contribution in [2.75, 3.05) is 0 Å². The molecule has 0 spiro atoms. The van der Waals surface area contributed by atoms with Gasteiger partial charge in [-0.3, -0.25) is 15.1 Å². The average Bonchev–Trinajstić information content (AvgIpc) is 2.09.